The average molecular weight is 324 g/mol. The molecule has 1 N–H and O–H groups in total. The van der Waals surface area contributed by atoms with Crippen molar-refractivity contribution in [2.75, 3.05) is 18.0 Å². The van der Waals surface area contributed by atoms with Gasteiger partial charge in [-0.05, 0) is 42.7 Å². The van der Waals surface area contributed by atoms with Gasteiger partial charge in [-0.2, -0.15) is 5.10 Å². The fraction of sp³-hybridized carbons (Fsp3) is 0.316. The normalized spacial score (nSPS) is 10.8. The molecule has 0 atom stereocenters. The van der Waals surface area contributed by atoms with Crippen LogP contribution in [0.15, 0.2) is 53.8 Å². The molecule has 0 saturated heterocycles. The van der Waals surface area contributed by atoms with Crippen LogP contribution in [0.3, 0.4) is 0 Å². The van der Waals surface area contributed by atoms with Gasteiger partial charge in [0.1, 0.15) is 5.69 Å². The monoisotopic (exact) mass is 324 g/mol. The fourth-order valence-electron chi connectivity index (χ4n) is 2.40. The van der Waals surface area contributed by atoms with Gasteiger partial charge in [-0.3, -0.25) is 9.78 Å². The number of nitrogens with zero attached hydrogens (tertiary/aromatic N) is 3. The summed E-state index contributed by atoms with van der Waals surface area (Å²) in [6.07, 6.45) is 5.47. The van der Waals surface area contributed by atoms with Crippen LogP contribution in [0.2, 0.25) is 0 Å². The first kappa shape index (κ1) is 17.7. The maximum Gasteiger partial charge on any atom is 0.289 e. The summed E-state index contributed by atoms with van der Waals surface area (Å²) < 4.78 is 0. The van der Waals surface area contributed by atoms with Crippen molar-refractivity contribution in [2.45, 2.75) is 26.7 Å². The zero-order chi connectivity index (χ0) is 17.2. The first-order chi connectivity index (χ1) is 11.7. The second kappa shape index (κ2) is 9.45. The van der Waals surface area contributed by atoms with Crippen molar-refractivity contribution in [3.8, 4) is 0 Å². The van der Waals surface area contributed by atoms with Crippen LogP contribution in [-0.2, 0) is 0 Å². The highest BCUT2D eigenvalue weighted by Crippen LogP contribution is 2.15. The summed E-state index contributed by atoms with van der Waals surface area (Å²) in [5, 5.41) is 3.99. The van der Waals surface area contributed by atoms with Gasteiger partial charge in [0, 0.05) is 25.0 Å². The van der Waals surface area contributed by atoms with Crippen molar-refractivity contribution in [3.63, 3.8) is 0 Å². The summed E-state index contributed by atoms with van der Waals surface area (Å²) in [5.74, 6) is -0.319. The number of carbonyl (C=O) groups is 1. The van der Waals surface area contributed by atoms with E-state index in [9.17, 15) is 4.79 Å². The molecule has 126 valence electrons. The molecule has 0 bridgehead atoms. The van der Waals surface area contributed by atoms with Crippen molar-refractivity contribution < 1.29 is 4.79 Å². The third-order valence-corrected chi connectivity index (χ3v) is 3.52. The fourth-order valence-corrected chi connectivity index (χ4v) is 2.40. The van der Waals surface area contributed by atoms with E-state index in [0.717, 1.165) is 31.5 Å². The summed E-state index contributed by atoms with van der Waals surface area (Å²) in [6, 6.07) is 13.4. The van der Waals surface area contributed by atoms with E-state index in [2.05, 4.69) is 46.4 Å². The van der Waals surface area contributed by atoms with Gasteiger partial charge in [0.15, 0.2) is 0 Å². The number of hydrogen-bond acceptors (Lipinski definition) is 4. The van der Waals surface area contributed by atoms with E-state index < -0.39 is 0 Å². The molecule has 5 heteroatoms. The van der Waals surface area contributed by atoms with Crippen molar-refractivity contribution >= 4 is 17.8 Å². The summed E-state index contributed by atoms with van der Waals surface area (Å²) in [5.41, 5.74) is 4.98. The minimum absolute atomic E-state index is 0.319. The number of pyridine rings is 1. The first-order valence-electron chi connectivity index (χ1n) is 8.34. The van der Waals surface area contributed by atoms with Crippen LogP contribution in [0.5, 0.6) is 0 Å². The highest BCUT2D eigenvalue weighted by Gasteiger charge is 2.05. The zero-order valence-corrected chi connectivity index (χ0v) is 14.3. The zero-order valence-electron chi connectivity index (χ0n) is 14.3. The first-order valence-corrected chi connectivity index (χ1v) is 8.34. The van der Waals surface area contributed by atoms with Crippen LogP contribution in [0.1, 0.15) is 42.7 Å². The second-order valence-corrected chi connectivity index (χ2v) is 5.49. The Morgan fingerprint density at radius 2 is 1.83 bits per heavy atom. The molecule has 1 aromatic carbocycles. The summed E-state index contributed by atoms with van der Waals surface area (Å²) in [7, 11) is 0. The van der Waals surface area contributed by atoms with Crippen molar-refractivity contribution in [3.05, 3.63) is 59.9 Å². The second-order valence-electron chi connectivity index (χ2n) is 5.49. The van der Waals surface area contributed by atoms with E-state index in [4.69, 9.17) is 0 Å². The van der Waals surface area contributed by atoms with Crippen LogP contribution in [-0.4, -0.2) is 30.2 Å². The van der Waals surface area contributed by atoms with Gasteiger partial charge < -0.3 is 4.90 Å². The third-order valence-electron chi connectivity index (χ3n) is 3.52. The van der Waals surface area contributed by atoms with Gasteiger partial charge in [-0.25, -0.2) is 5.43 Å². The van der Waals surface area contributed by atoms with E-state index in [1.165, 1.54) is 5.69 Å². The quantitative estimate of drug-likeness (QED) is 0.597. The molecule has 1 heterocycles. The lowest BCUT2D eigenvalue weighted by atomic mass is 10.2. The summed E-state index contributed by atoms with van der Waals surface area (Å²) >= 11 is 0. The molecule has 0 aliphatic heterocycles. The maximum absolute atomic E-state index is 11.8. The lowest BCUT2D eigenvalue weighted by molar-refractivity contribution is 0.0950. The average Bonchev–Trinajstić information content (AvgIpc) is 2.63. The van der Waals surface area contributed by atoms with E-state index in [1.54, 1.807) is 30.6 Å². The Kier molecular flexibility index (Phi) is 6.95. The van der Waals surface area contributed by atoms with Gasteiger partial charge in [0.05, 0.1) is 6.21 Å². The standard InChI is InChI=1S/C19H24N4O/c1-3-13-23(14-4-2)17-10-8-16(9-11-17)15-21-22-19(24)18-7-5-6-12-20-18/h5-12,15H,3-4,13-14H2,1-2H3,(H,22,24)/b21-15+. The molecule has 2 rings (SSSR count). The number of rotatable bonds is 8. The molecular weight excluding hydrogens is 300 g/mol. The molecule has 0 aliphatic carbocycles. The Morgan fingerprint density at radius 3 is 2.42 bits per heavy atom. The predicted molar refractivity (Wildman–Crippen MR) is 98.5 cm³/mol. The van der Waals surface area contributed by atoms with Gasteiger partial charge in [0.25, 0.3) is 5.91 Å². The number of hydrogen-bond donors (Lipinski definition) is 1. The smallest absolute Gasteiger partial charge is 0.289 e. The van der Waals surface area contributed by atoms with E-state index in [-0.39, 0.29) is 5.91 Å². The molecule has 0 aliphatic rings. The molecule has 5 nitrogen and oxygen atoms in total. The minimum atomic E-state index is -0.319. The Hall–Kier alpha value is -2.69. The SMILES string of the molecule is CCCN(CCC)c1ccc(/C=N/NC(=O)c2ccccn2)cc1. The number of aromatic nitrogens is 1. The topological polar surface area (TPSA) is 57.6 Å². The van der Waals surface area contributed by atoms with Crippen LogP contribution in [0.25, 0.3) is 0 Å². The molecule has 1 amide bonds. The number of carbonyl (C=O) groups excluding carboxylic acids is 1. The summed E-state index contributed by atoms with van der Waals surface area (Å²) in [4.78, 5) is 18.2. The van der Waals surface area contributed by atoms with Crippen LogP contribution in [0.4, 0.5) is 5.69 Å². The molecule has 0 radical (unpaired) electrons. The number of anilines is 1. The molecule has 0 spiro atoms. The molecule has 0 unspecified atom stereocenters. The highest BCUT2D eigenvalue weighted by atomic mass is 16.2. The predicted octanol–water partition coefficient (Wildman–Crippen LogP) is 3.47. The van der Waals surface area contributed by atoms with Gasteiger partial charge >= 0.3 is 0 Å². The van der Waals surface area contributed by atoms with Gasteiger partial charge in [-0.15, -0.1) is 0 Å². The molecule has 0 fully saturated rings. The van der Waals surface area contributed by atoms with Crippen LogP contribution < -0.4 is 10.3 Å². The Morgan fingerprint density at radius 1 is 1.12 bits per heavy atom. The van der Waals surface area contributed by atoms with Crippen molar-refractivity contribution in [1.29, 1.82) is 0 Å². The van der Waals surface area contributed by atoms with Gasteiger partial charge in [0.2, 0.25) is 0 Å². The van der Waals surface area contributed by atoms with E-state index in [0.29, 0.717) is 5.69 Å². The minimum Gasteiger partial charge on any atom is -0.372 e. The number of benzene rings is 1. The van der Waals surface area contributed by atoms with Crippen molar-refractivity contribution in [1.82, 2.24) is 10.4 Å². The summed E-state index contributed by atoms with van der Waals surface area (Å²) in [6.45, 7) is 6.49. The molecule has 1 aromatic heterocycles. The highest BCUT2D eigenvalue weighted by molar-refractivity contribution is 5.93. The van der Waals surface area contributed by atoms with Gasteiger partial charge in [-0.1, -0.05) is 32.0 Å². The molecule has 2 aromatic rings. The maximum atomic E-state index is 11.8. The number of nitrogens with one attached hydrogen (secondary N) is 1. The van der Waals surface area contributed by atoms with Crippen LogP contribution in [0, 0.1) is 0 Å². The van der Waals surface area contributed by atoms with Crippen molar-refractivity contribution in [2.24, 2.45) is 5.10 Å². The molecule has 24 heavy (non-hydrogen) atoms. The van der Waals surface area contributed by atoms with E-state index in [1.807, 2.05) is 12.1 Å². The Labute approximate surface area is 143 Å². The third kappa shape index (κ3) is 5.19. The Bertz CT molecular complexity index is 647. The van der Waals surface area contributed by atoms with E-state index >= 15 is 0 Å². The number of amides is 1. The Balaban J connectivity index is 1.94. The molecule has 0 saturated carbocycles. The number of hydrazone groups is 1. The molecular formula is C19H24N4O. The van der Waals surface area contributed by atoms with Crippen LogP contribution >= 0.6 is 0 Å². The lowest BCUT2D eigenvalue weighted by Crippen LogP contribution is -2.24. The largest absolute Gasteiger partial charge is 0.372 e. The lowest BCUT2D eigenvalue weighted by Gasteiger charge is -2.23.